The summed E-state index contributed by atoms with van der Waals surface area (Å²) < 4.78 is 12.3. The maximum atomic E-state index is 12.5. The molecule has 0 atom stereocenters. The zero-order chi connectivity index (χ0) is 21.2. The van der Waals surface area contributed by atoms with Crippen molar-refractivity contribution in [2.75, 3.05) is 17.4 Å². The van der Waals surface area contributed by atoms with Crippen molar-refractivity contribution in [3.63, 3.8) is 0 Å². The van der Waals surface area contributed by atoms with Crippen LogP contribution in [-0.2, 0) is 0 Å². The monoisotopic (exact) mass is 414 g/mol. The van der Waals surface area contributed by atoms with Crippen molar-refractivity contribution in [1.82, 2.24) is 20.0 Å². The molecule has 2 aromatic heterocycles. The fraction of sp³-hybridized carbons (Fsp3) is 0.0909. The Hall–Kier alpha value is -4.40. The second-order valence-corrected chi connectivity index (χ2v) is 6.90. The highest BCUT2D eigenvalue weighted by molar-refractivity contribution is 6.04. The molecule has 0 aliphatic carbocycles. The highest BCUT2D eigenvalue weighted by Gasteiger charge is 2.16. The number of carbonyl (C=O) groups excluding carboxylic acids is 1. The van der Waals surface area contributed by atoms with Crippen LogP contribution in [0.5, 0.6) is 11.5 Å². The van der Waals surface area contributed by atoms with Crippen LogP contribution in [-0.4, -0.2) is 32.7 Å². The number of fused-ring (bicyclic) bond motifs is 1. The molecule has 0 spiro atoms. The van der Waals surface area contributed by atoms with E-state index in [1.54, 1.807) is 22.9 Å². The van der Waals surface area contributed by atoms with Crippen molar-refractivity contribution < 1.29 is 14.3 Å². The molecule has 154 valence electrons. The summed E-state index contributed by atoms with van der Waals surface area (Å²) in [6.45, 7) is 2.09. The van der Waals surface area contributed by atoms with Gasteiger partial charge in [0.1, 0.15) is 0 Å². The molecule has 1 aliphatic heterocycles. The lowest BCUT2D eigenvalue weighted by molar-refractivity contribution is 0.102. The summed E-state index contributed by atoms with van der Waals surface area (Å²) in [7, 11) is 0. The largest absolute Gasteiger partial charge is 0.454 e. The number of hydrogen-bond donors (Lipinski definition) is 2. The van der Waals surface area contributed by atoms with E-state index in [0.717, 1.165) is 11.4 Å². The number of hydrogen-bond acceptors (Lipinski definition) is 7. The third-order valence-corrected chi connectivity index (χ3v) is 4.66. The Balaban J connectivity index is 1.22. The summed E-state index contributed by atoms with van der Waals surface area (Å²) in [6, 6.07) is 18.0. The van der Waals surface area contributed by atoms with Crippen LogP contribution < -0.4 is 20.1 Å². The van der Waals surface area contributed by atoms with Gasteiger partial charge in [-0.25, -0.2) is 4.68 Å². The number of ether oxygens (including phenoxy) is 2. The average Bonchev–Trinajstić information content (AvgIpc) is 3.44. The molecule has 9 heteroatoms. The third-order valence-electron chi connectivity index (χ3n) is 4.66. The van der Waals surface area contributed by atoms with Crippen LogP contribution >= 0.6 is 0 Å². The minimum Gasteiger partial charge on any atom is -0.454 e. The fourth-order valence-electron chi connectivity index (χ4n) is 3.08. The summed E-state index contributed by atoms with van der Waals surface area (Å²) in [6.07, 6.45) is 1.84. The summed E-state index contributed by atoms with van der Waals surface area (Å²) in [4.78, 5) is 12.5. The van der Waals surface area contributed by atoms with Gasteiger partial charge in [0.25, 0.3) is 5.91 Å². The number of rotatable bonds is 5. The van der Waals surface area contributed by atoms with Crippen molar-refractivity contribution >= 4 is 23.1 Å². The first kappa shape index (κ1) is 18.6. The topological polar surface area (TPSA) is 103 Å². The molecule has 0 fully saturated rings. The second-order valence-electron chi connectivity index (χ2n) is 6.90. The highest BCUT2D eigenvalue weighted by atomic mass is 16.7. The van der Waals surface area contributed by atoms with Gasteiger partial charge in [-0.2, -0.15) is 5.10 Å². The Labute approximate surface area is 177 Å². The van der Waals surface area contributed by atoms with Gasteiger partial charge in [-0.3, -0.25) is 4.79 Å². The number of aryl methyl sites for hydroxylation is 1. The van der Waals surface area contributed by atoms with Crippen molar-refractivity contribution in [2.24, 2.45) is 0 Å². The lowest BCUT2D eigenvalue weighted by Gasteiger charge is -2.09. The molecule has 5 rings (SSSR count). The Kier molecular flexibility index (Phi) is 4.68. The first-order chi connectivity index (χ1) is 15.1. The van der Waals surface area contributed by atoms with Crippen LogP contribution in [0.2, 0.25) is 0 Å². The molecule has 2 N–H and O–H groups in total. The number of benzene rings is 2. The molecule has 1 amide bonds. The van der Waals surface area contributed by atoms with Gasteiger partial charge in [0.2, 0.25) is 6.79 Å². The smallest absolute Gasteiger partial charge is 0.255 e. The van der Waals surface area contributed by atoms with Crippen LogP contribution in [0, 0.1) is 6.92 Å². The summed E-state index contributed by atoms with van der Waals surface area (Å²) in [5.41, 5.74) is 2.89. The Morgan fingerprint density at radius 3 is 2.48 bits per heavy atom. The summed E-state index contributed by atoms with van der Waals surface area (Å²) in [5.74, 6) is 2.23. The average molecular weight is 414 g/mol. The van der Waals surface area contributed by atoms with E-state index in [1.807, 2.05) is 55.6 Å². The molecule has 1 aliphatic rings. The maximum absolute atomic E-state index is 12.5. The lowest BCUT2D eigenvalue weighted by atomic mass is 10.2. The second kappa shape index (κ2) is 7.79. The number of nitrogens with zero attached hydrogens (tertiary/aromatic N) is 4. The fourth-order valence-corrected chi connectivity index (χ4v) is 3.08. The zero-order valence-corrected chi connectivity index (χ0v) is 16.6. The van der Waals surface area contributed by atoms with Crippen molar-refractivity contribution in [3.8, 4) is 17.3 Å². The van der Waals surface area contributed by atoms with E-state index in [4.69, 9.17) is 9.47 Å². The molecule has 31 heavy (non-hydrogen) atoms. The van der Waals surface area contributed by atoms with E-state index in [9.17, 15) is 4.79 Å². The van der Waals surface area contributed by atoms with Gasteiger partial charge in [-0.1, -0.05) is 0 Å². The van der Waals surface area contributed by atoms with Crippen molar-refractivity contribution in [2.45, 2.75) is 6.92 Å². The highest BCUT2D eigenvalue weighted by Crippen LogP contribution is 2.32. The van der Waals surface area contributed by atoms with Gasteiger partial charge in [-0.15, -0.1) is 10.2 Å². The minimum atomic E-state index is -0.227. The normalized spacial score (nSPS) is 11.9. The quantitative estimate of drug-likeness (QED) is 0.513. The van der Waals surface area contributed by atoms with Gasteiger partial charge in [0.15, 0.2) is 23.1 Å². The van der Waals surface area contributed by atoms with E-state index in [0.29, 0.717) is 34.4 Å². The Morgan fingerprint density at radius 1 is 0.935 bits per heavy atom. The minimum absolute atomic E-state index is 0.172. The van der Waals surface area contributed by atoms with E-state index < -0.39 is 0 Å². The molecule has 0 saturated heterocycles. The number of amides is 1. The molecular weight excluding hydrogens is 396 g/mol. The Morgan fingerprint density at radius 2 is 1.74 bits per heavy atom. The molecule has 0 radical (unpaired) electrons. The number of anilines is 3. The first-order valence-corrected chi connectivity index (χ1v) is 9.58. The van der Waals surface area contributed by atoms with E-state index in [2.05, 4.69) is 25.9 Å². The van der Waals surface area contributed by atoms with Crippen LogP contribution in [0.4, 0.5) is 17.2 Å². The predicted octanol–water partition coefficient (Wildman–Crippen LogP) is 3.70. The standard InChI is InChI=1S/C22H18N6O3/c1-14-10-11-28(27-14)21-9-8-20(25-26-21)23-16-3-5-17(6-4-16)24-22(29)15-2-7-18-19(12-15)31-13-30-18/h2-12H,13H2,1H3,(H,23,25)(H,24,29). The van der Waals surface area contributed by atoms with Gasteiger partial charge >= 0.3 is 0 Å². The van der Waals surface area contributed by atoms with Crippen LogP contribution in [0.15, 0.2) is 66.9 Å². The molecular formula is C22H18N6O3. The first-order valence-electron chi connectivity index (χ1n) is 9.58. The molecule has 0 bridgehead atoms. The van der Waals surface area contributed by atoms with E-state index in [1.165, 1.54) is 0 Å². The maximum Gasteiger partial charge on any atom is 0.255 e. The molecule has 0 saturated carbocycles. The van der Waals surface area contributed by atoms with Crippen LogP contribution in [0.25, 0.3) is 5.82 Å². The van der Waals surface area contributed by atoms with E-state index in [-0.39, 0.29) is 12.7 Å². The third kappa shape index (κ3) is 4.01. The van der Waals surface area contributed by atoms with Crippen LogP contribution in [0.1, 0.15) is 16.1 Å². The number of carbonyl (C=O) groups is 1. The SMILES string of the molecule is Cc1ccn(-c2ccc(Nc3ccc(NC(=O)c4ccc5c(c4)OCO5)cc3)nn2)n1. The summed E-state index contributed by atoms with van der Waals surface area (Å²) in [5, 5.41) is 18.7. The van der Waals surface area contributed by atoms with Crippen molar-refractivity contribution in [3.05, 3.63) is 78.1 Å². The van der Waals surface area contributed by atoms with Gasteiger partial charge in [0, 0.05) is 23.1 Å². The van der Waals surface area contributed by atoms with Gasteiger partial charge < -0.3 is 20.1 Å². The number of nitrogens with one attached hydrogen (secondary N) is 2. The lowest BCUT2D eigenvalue weighted by Crippen LogP contribution is -2.11. The Bertz CT molecular complexity index is 1240. The molecule has 2 aromatic carbocycles. The van der Waals surface area contributed by atoms with Gasteiger partial charge in [0.05, 0.1) is 5.69 Å². The summed E-state index contributed by atoms with van der Waals surface area (Å²) >= 11 is 0. The van der Waals surface area contributed by atoms with Crippen molar-refractivity contribution in [1.29, 1.82) is 0 Å². The van der Waals surface area contributed by atoms with E-state index >= 15 is 0 Å². The van der Waals surface area contributed by atoms with Crippen LogP contribution in [0.3, 0.4) is 0 Å². The molecule has 0 unspecified atom stereocenters. The molecule has 3 heterocycles. The van der Waals surface area contributed by atoms with Gasteiger partial charge in [-0.05, 0) is 67.6 Å². The molecule has 9 nitrogen and oxygen atoms in total. The number of aromatic nitrogens is 4. The zero-order valence-electron chi connectivity index (χ0n) is 16.6. The predicted molar refractivity (Wildman–Crippen MR) is 114 cm³/mol. The molecule has 4 aromatic rings.